The summed E-state index contributed by atoms with van der Waals surface area (Å²) in [6, 6.07) is 11.4. The van der Waals surface area contributed by atoms with Gasteiger partial charge in [-0.2, -0.15) is 0 Å². The number of fused-ring (bicyclic) bond motifs is 1. The Bertz CT molecular complexity index is 903. The molecule has 0 aliphatic heterocycles. The fourth-order valence-electron chi connectivity index (χ4n) is 3.14. The van der Waals surface area contributed by atoms with Gasteiger partial charge in [-0.25, -0.2) is 0 Å². The van der Waals surface area contributed by atoms with Crippen LogP contribution in [0.15, 0.2) is 36.4 Å². The second-order valence-corrected chi connectivity index (χ2v) is 7.55. The zero-order valence-electron chi connectivity index (χ0n) is 16.6. The topological polar surface area (TPSA) is 78.5 Å². The lowest BCUT2D eigenvalue weighted by atomic mass is 10.0. The van der Waals surface area contributed by atoms with E-state index < -0.39 is 0 Å². The lowest BCUT2D eigenvalue weighted by molar-refractivity contribution is -0.122. The second kappa shape index (κ2) is 8.42. The maximum atomic E-state index is 13.2. The average Bonchev–Trinajstić information content (AvgIpc) is 3.49. The van der Waals surface area contributed by atoms with Crippen molar-refractivity contribution in [3.8, 4) is 0 Å². The van der Waals surface area contributed by atoms with E-state index in [4.69, 9.17) is 0 Å². The number of carbonyl (C=O) groups is 3. The largest absolute Gasteiger partial charge is 0.352 e. The number of anilines is 1. The normalized spacial score (nSPS) is 13.4. The zero-order valence-corrected chi connectivity index (χ0v) is 16.6. The molecule has 0 radical (unpaired) electrons. The number of hydrogen-bond acceptors (Lipinski definition) is 3. The third kappa shape index (κ3) is 4.68. The van der Waals surface area contributed by atoms with E-state index in [1.165, 1.54) is 4.90 Å². The molecule has 2 N–H and O–H groups in total. The van der Waals surface area contributed by atoms with Crippen molar-refractivity contribution in [3.05, 3.63) is 42.0 Å². The van der Waals surface area contributed by atoms with Crippen LogP contribution in [0.5, 0.6) is 0 Å². The monoisotopic (exact) mass is 381 g/mol. The summed E-state index contributed by atoms with van der Waals surface area (Å²) in [5, 5.41) is 7.60. The Morgan fingerprint density at radius 3 is 2.32 bits per heavy atom. The molecule has 1 aliphatic carbocycles. The Kier molecular flexibility index (Phi) is 5.97. The zero-order chi connectivity index (χ0) is 20.3. The van der Waals surface area contributed by atoms with Crippen LogP contribution in [0.4, 0.5) is 5.69 Å². The molecular formula is C22H27N3O3. The van der Waals surface area contributed by atoms with Crippen LogP contribution in [0.1, 0.15) is 44.0 Å². The molecule has 2 aromatic rings. The van der Waals surface area contributed by atoms with Gasteiger partial charge in [0.25, 0.3) is 5.91 Å². The minimum atomic E-state index is -0.266. The number of nitrogens with zero attached hydrogens (tertiary/aromatic N) is 1. The molecule has 148 valence electrons. The predicted molar refractivity (Wildman–Crippen MR) is 110 cm³/mol. The van der Waals surface area contributed by atoms with Gasteiger partial charge in [-0.1, -0.05) is 24.3 Å². The quantitative estimate of drug-likeness (QED) is 0.773. The molecule has 1 fully saturated rings. The summed E-state index contributed by atoms with van der Waals surface area (Å²) in [5.74, 6) is -0.480. The van der Waals surface area contributed by atoms with Crippen LogP contribution in [0.2, 0.25) is 0 Å². The van der Waals surface area contributed by atoms with E-state index >= 15 is 0 Å². The van der Waals surface area contributed by atoms with Crippen molar-refractivity contribution in [2.24, 2.45) is 5.92 Å². The molecule has 6 heteroatoms. The third-order valence-corrected chi connectivity index (χ3v) is 4.78. The van der Waals surface area contributed by atoms with Gasteiger partial charge in [-0.05, 0) is 56.5 Å². The second-order valence-electron chi connectivity index (χ2n) is 7.55. The van der Waals surface area contributed by atoms with Crippen molar-refractivity contribution in [2.45, 2.75) is 39.7 Å². The molecule has 28 heavy (non-hydrogen) atoms. The van der Waals surface area contributed by atoms with Crippen molar-refractivity contribution in [3.63, 3.8) is 0 Å². The highest BCUT2D eigenvalue weighted by atomic mass is 16.2. The van der Waals surface area contributed by atoms with Crippen molar-refractivity contribution < 1.29 is 14.4 Å². The SMILES string of the molecule is CCN(CC(=O)NC(C)C)C(=O)c1cc2ccccc2cc1NC(=O)C1CC1. The molecule has 1 aliphatic rings. The maximum Gasteiger partial charge on any atom is 0.256 e. The minimum Gasteiger partial charge on any atom is -0.352 e. The van der Waals surface area contributed by atoms with Gasteiger partial charge in [0.1, 0.15) is 0 Å². The fraction of sp³-hybridized carbons (Fsp3) is 0.409. The first-order valence-corrected chi connectivity index (χ1v) is 9.81. The first-order valence-electron chi connectivity index (χ1n) is 9.81. The Morgan fingerprint density at radius 1 is 1.11 bits per heavy atom. The highest BCUT2D eigenvalue weighted by Crippen LogP contribution is 2.32. The van der Waals surface area contributed by atoms with Crippen LogP contribution in [0.25, 0.3) is 10.8 Å². The summed E-state index contributed by atoms with van der Waals surface area (Å²) in [6.45, 7) is 5.98. The number of amides is 3. The van der Waals surface area contributed by atoms with Gasteiger partial charge in [0.05, 0.1) is 17.8 Å². The molecule has 0 bridgehead atoms. The molecule has 0 saturated heterocycles. The summed E-state index contributed by atoms with van der Waals surface area (Å²) in [5.41, 5.74) is 0.912. The van der Waals surface area contributed by atoms with Crippen molar-refractivity contribution >= 4 is 34.2 Å². The number of rotatable bonds is 7. The van der Waals surface area contributed by atoms with Gasteiger partial charge in [0.15, 0.2) is 0 Å². The average molecular weight is 381 g/mol. The van der Waals surface area contributed by atoms with Gasteiger partial charge in [0.2, 0.25) is 11.8 Å². The summed E-state index contributed by atoms with van der Waals surface area (Å²) in [6.07, 6.45) is 1.78. The van der Waals surface area contributed by atoms with Crippen LogP contribution < -0.4 is 10.6 Å². The summed E-state index contributed by atoms with van der Waals surface area (Å²) in [7, 11) is 0. The van der Waals surface area contributed by atoms with E-state index in [-0.39, 0.29) is 36.2 Å². The molecule has 0 aromatic heterocycles. The van der Waals surface area contributed by atoms with Crippen LogP contribution in [0.3, 0.4) is 0 Å². The highest BCUT2D eigenvalue weighted by Gasteiger charge is 2.31. The number of nitrogens with one attached hydrogen (secondary N) is 2. The standard InChI is InChI=1S/C22H27N3O3/c1-4-25(13-20(26)23-14(2)3)22(28)18-11-16-7-5-6-8-17(16)12-19(18)24-21(27)15-9-10-15/h5-8,11-12,14-15H,4,9-10,13H2,1-3H3,(H,23,26)(H,24,27). The lowest BCUT2D eigenvalue weighted by Crippen LogP contribution is -2.42. The molecule has 0 spiro atoms. The smallest absolute Gasteiger partial charge is 0.256 e. The lowest BCUT2D eigenvalue weighted by Gasteiger charge is -2.23. The number of likely N-dealkylation sites (N-methyl/N-ethyl adjacent to an activating group) is 1. The van der Waals surface area contributed by atoms with E-state index in [0.29, 0.717) is 17.8 Å². The summed E-state index contributed by atoms with van der Waals surface area (Å²) >= 11 is 0. The third-order valence-electron chi connectivity index (χ3n) is 4.78. The number of carbonyl (C=O) groups excluding carboxylic acids is 3. The maximum absolute atomic E-state index is 13.2. The Balaban J connectivity index is 1.92. The fourth-order valence-corrected chi connectivity index (χ4v) is 3.14. The van der Waals surface area contributed by atoms with Gasteiger partial charge < -0.3 is 15.5 Å². The van der Waals surface area contributed by atoms with Gasteiger partial charge in [0, 0.05) is 18.5 Å². The molecule has 0 atom stereocenters. The number of benzene rings is 2. The molecule has 3 rings (SSSR count). The number of hydrogen-bond donors (Lipinski definition) is 2. The molecule has 0 heterocycles. The molecule has 6 nitrogen and oxygen atoms in total. The van der Waals surface area contributed by atoms with Crippen molar-refractivity contribution in [1.82, 2.24) is 10.2 Å². The van der Waals surface area contributed by atoms with Crippen molar-refractivity contribution in [1.29, 1.82) is 0 Å². The predicted octanol–water partition coefficient (Wildman–Crippen LogP) is 3.18. The Hall–Kier alpha value is -2.89. The van der Waals surface area contributed by atoms with Gasteiger partial charge >= 0.3 is 0 Å². The first kappa shape index (κ1) is 19.9. The van der Waals surface area contributed by atoms with Gasteiger partial charge in [-0.3, -0.25) is 14.4 Å². The van der Waals surface area contributed by atoms with Crippen LogP contribution >= 0.6 is 0 Å². The molecule has 3 amide bonds. The van der Waals surface area contributed by atoms with E-state index in [9.17, 15) is 14.4 Å². The molecule has 1 saturated carbocycles. The van der Waals surface area contributed by atoms with Gasteiger partial charge in [-0.15, -0.1) is 0 Å². The Labute approximate surface area is 165 Å². The van der Waals surface area contributed by atoms with E-state index in [1.807, 2.05) is 51.1 Å². The highest BCUT2D eigenvalue weighted by molar-refractivity contribution is 6.09. The molecule has 0 unspecified atom stereocenters. The molecular weight excluding hydrogens is 354 g/mol. The summed E-state index contributed by atoms with van der Waals surface area (Å²) < 4.78 is 0. The van der Waals surface area contributed by atoms with Crippen LogP contribution in [-0.4, -0.2) is 41.8 Å². The summed E-state index contributed by atoms with van der Waals surface area (Å²) in [4.78, 5) is 39.2. The van der Waals surface area contributed by atoms with E-state index in [1.54, 1.807) is 6.07 Å². The van der Waals surface area contributed by atoms with E-state index in [2.05, 4.69) is 10.6 Å². The van der Waals surface area contributed by atoms with Crippen molar-refractivity contribution in [2.75, 3.05) is 18.4 Å². The Morgan fingerprint density at radius 2 is 1.75 bits per heavy atom. The first-order chi connectivity index (χ1) is 13.4. The van der Waals surface area contributed by atoms with Crippen LogP contribution in [-0.2, 0) is 9.59 Å². The van der Waals surface area contributed by atoms with Crippen LogP contribution in [0, 0.1) is 5.92 Å². The molecule has 2 aromatic carbocycles. The minimum absolute atomic E-state index is 0.00960. The van der Waals surface area contributed by atoms with E-state index in [0.717, 1.165) is 23.6 Å².